The van der Waals surface area contributed by atoms with Crippen LogP contribution in [0.4, 0.5) is 13.2 Å². The van der Waals surface area contributed by atoms with Gasteiger partial charge in [0, 0.05) is 6.07 Å². The first-order chi connectivity index (χ1) is 15.6. The van der Waals surface area contributed by atoms with Crippen molar-refractivity contribution in [3.05, 3.63) is 68.7 Å². The average Bonchev–Trinajstić information content (AvgIpc) is 2.72. The van der Waals surface area contributed by atoms with E-state index in [0.717, 1.165) is 17.7 Å². The van der Waals surface area contributed by atoms with Crippen molar-refractivity contribution in [1.29, 1.82) is 0 Å². The topological polar surface area (TPSA) is 40.0 Å². The summed E-state index contributed by atoms with van der Waals surface area (Å²) in [7, 11) is 0. The molecule has 0 heterocycles. The first-order valence-corrected chi connectivity index (χ1v) is 11.1. The van der Waals surface area contributed by atoms with E-state index >= 15 is 0 Å². The van der Waals surface area contributed by atoms with Crippen molar-refractivity contribution in [2.24, 2.45) is 5.16 Å². The lowest BCUT2D eigenvalue weighted by Gasteiger charge is -2.18. The van der Waals surface area contributed by atoms with E-state index in [4.69, 9.17) is 49.1 Å². The van der Waals surface area contributed by atoms with Crippen LogP contribution in [0.5, 0.6) is 11.5 Å². The summed E-state index contributed by atoms with van der Waals surface area (Å²) >= 11 is 17.4. The van der Waals surface area contributed by atoms with Crippen molar-refractivity contribution in [3.8, 4) is 11.5 Å². The number of rotatable bonds is 11. The maximum absolute atomic E-state index is 12.6. The van der Waals surface area contributed by atoms with Gasteiger partial charge in [0.05, 0.1) is 22.9 Å². The second kappa shape index (κ2) is 13.0. The molecule has 1 atom stereocenters. The minimum atomic E-state index is -4.36. The lowest BCUT2D eigenvalue weighted by atomic mass is 10.1. The Morgan fingerprint density at radius 2 is 1.85 bits per heavy atom. The van der Waals surface area contributed by atoms with E-state index in [1.165, 1.54) is 24.4 Å². The maximum atomic E-state index is 12.6. The summed E-state index contributed by atoms with van der Waals surface area (Å²) in [5.41, 5.74) is 0.627. The third kappa shape index (κ3) is 9.74. The van der Waals surface area contributed by atoms with Gasteiger partial charge in [-0.3, -0.25) is 0 Å². The van der Waals surface area contributed by atoms with Crippen LogP contribution in [0.3, 0.4) is 0 Å². The van der Waals surface area contributed by atoms with Crippen LogP contribution in [0.25, 0.3) is 0 Å². The van der Waals surface area contributed by atoms with Gasteiger partial charge < -0.3 is 14.3 Å². The van der Waals surface area contributed by atoms with Crippen molar-refractivity contribution < 1.29 is 27.5 Å². The molecule has 0 saturated carbocycles. The van der Waals surface area contributed by atoms with Crippen LogP contribution >= 0.6 is 34.8 Å². The van der Waals surface area contributed by atoms with E-state index in [1.54, 1.807) is 6.07 Å². The number of halogens is 6. The highest BCUT2D eigenvalue weighted by atomic mass is 35.5. The van der Waals surface area contributed by atoms with E-state index in [0.29, 0.717) is 41.5 Å². The van der Waals surface area contributed by atoms with Crippen LogP contribution in [0.2, 0.25) is 5.02 Å². The van der Waals surface area contributed by atoms with Crippen molar-refractivity contribution >= 4 is 41.0 Å². The summed E-state index contributed by atoms with van der Waals surface area (Å²) in [6, 6.07) is 8.13. The average molecular weight is 525 g/mol. The fourth-order valence-electron chi connectivity index (χ4n) is 2.74. The number of aryl methyl sites for hydroxylation is 1. The number of hydrogen-bond donors (Lipinski definition) is 0. The summed E-state index contributed by atoms with van der Waals surface area (Å²) in [5, 5.41) is 4.21. The highest BCUT2D eigenvalue weighted by molar-refractivity contribution is 6.55. The van der Waals surface area contributed by atoms with Crippen molar-refractivity contribution in [2.75, 3.05) is 13.2 Å². The fourth-order valence-corrected chi connectivity index (χ4v) is 3.16. The van der Waals surface area contributed by atoms with Gasteiger partial charge in [0.1, 0.15) is 29.2 Å². The summed E-state index contributed by atoms with van der Waals surface area (Å²) in [6.07, 6.45) is -0.260. The standard InChI is InChI=1S/C23H23Cl3F3NO3/c1-15-12-19(31-11-9-21(25)26)13-20(24)22(15)33-16(2)4-3-10-32-30-14-17-5-7-18(8-6-17)23(27,28)29/h5-9,12-14,16H,3-4,10-11H2,1-2H3. The van der Waals surface area contributed by atoms with Crippen LogP contribution < -0.4 is 9.47 Å². The van der Waals surface area contributed by atoms with Gasteiger partial charge >= 0.3 is 6.18 Å². The number of benzene rings is 2. The fraction of sp³-hybridized carbons (Fsp3) is 0.348. The second-order valence-corrected chi connectivity index (χ2v) is 8.53. The Morgan fingerprint density at radius 3 is 2.45 bits per heavy atom. The number of nitrogens with zero attached hydrogens (tertiary/aromatic N) is 1. The van der Waals surface area contributed by atoms with Gasteiger partial charge in [0.2, 0.25) is 0 Å². The van der Waals surface area contributed by atoms with Gasteiger partial charge in [-0.25, -0.2) is 0 Å². The molecule has 0 radical (unpaired) electrons. The summed E-state index contributed by atoms with van der Waals surface area (Å²) in [6.45, 7) is 4.33. The number of ether oxygens (including phenoxy) is 2. The minimum absolute atomic E-state index is 0.126. The Bertz CT molecular complexity index is 937. The summed E-state index contributed by atoms with van der Waals surface area (Å²) in [5.74, 6) is 1.14. The smallest absolute Gasteiger partial charge is 0.416 e. The molecule has 10 heteroatoms. The Kier molecular flexibility index (Phi) is 10.7. The largest absolute Gasteiger partial charge is 0.489 e. The molecule has 0 aliphatic heterocycles. The van der Waals surface area contributed by atoms with Gasteiger partial charge in [-0.2, -0.15) is 13.2 Å². The predicted molar refractivity (Wildman–Crippen MR) is 126 cm³/mol. The Labute approximate surface area is 205 Å². The van der Waals surface area contributed by atoms with Crippen molar-refractivity contribution in [2.45, 2.75) is 39.0 Å². The quantitative estimate of drug-likeness (QED) is 0.170. The zero-order chi connectivity index (χ0) is 24.4. The lowest BCUT2D eigenvalue weighted by Crippen LogP contribution is -2.13. The van der Waals surface area contributed by atoms with Gasteiger partial charge in [-0.1, -0.05) is 52.1 Å². The molecule has 0 spiro atoms. The van der Waals surface area contributed by atoms with Crippen LogP contribution in [0, 0.1) is 6.92 Å². The van der Waals surface area contributed by atoms with Crippen LogP contribution in [0.15, 0.2) is 52.1 Å². The van der Waals surface area contributed by atoms with E-state index < -0.39 is 11.7 Å². The summed E-state index contributed by atoms with van der Waals surface area (Å²) in [4.78, 5) is 5.18. The first kappa shape index (κ1) is 27.2. The molecule has 2 aromatic rings. The molecule has 0 aromatic heterocycles. The third-order valence-electron chi connectivity index (χ3n) is 4.37. The van der Waals surface area contributed by atoms with Crippen molar-refractivity contribution in [1.82, 2.24) is 0 Å². The van der Waals surface area contributed by atoms with Gasteiger partial charge in [0.15, 0.2) is 0 Å². The van der Waals surface area contributed by atoms with Crippen LogP contribution in [-0.4, -0.2) is 25.5 Å². The normalized spacial score (nSPS) is 12.5. The minimum Gasteiger partial charge on any atom is -0.489 e. The molecule has 33 heavy (non-hydrogen) atoms. The molecule has 0 N–H and O–H groups in total. The van der Waals surface area contributed by atoms with E-state index in [2.05, 4.69) is 5.16 Å². The zero-order valence-corrected chi connectivity index (χ0v) is 20.2. The van der Waals surface area contributed by atoms with Crippen LogP contribution in [0.1, 0.15) is 36.5 Å². The van der Waals surface area contributed by atoms with Crippen LogP contribution in [-0.2, 0) is 11.0 Å². The van der Waals surface area contributed by atoms with Gasteiger partial charge in [-0.05, 0) is 62.1 Å². The predicted octanol–water partition coefficient (Wildman–Crippen LogP) is 7.96. The first-order valence-electron chi connectivity index (χ1n) is 9.99. The molecular weight excluding hydrogens is 502 g/mol. The molecule has 4 nitrogen and oxygen atoms in total. The molecule has 2 rings (SSSR count). The lowest BCUT2D eigenvalue weighted by molar-refractivity contribution is -0.137. The molecule has 0 fully saturated rings. The Morgan fingerprint density at radius 1 is 1.15 bits per heavy atom. The van der Waals surface area contributed by atoms with Gasteiger partial charge in [-0.15, -0.1) is 0 Å². The van der Waals surface area contributed by atoms with E-state index in [9.17, 15) is 13.2 Å². The zero-order valence-electron chi connectivity index (χ0n) is 18.0. The molecule has 0 saturated heterocycles. The molecule has 1 unspecified atom stereocenters. The molecule has 2 aromatic carbocycles. The van der Waals surface area contributed by atoms with E-state index in [1.807, 2.05) is 19.9 Å². The number of hydrogen-bond acceptors (Lipinski definition) is 4. The third-order valence-corrected chi connectivity index (χ3v) is 4.96. The second-order valence-electron chi connectivity index (χ2n) is 7.11. The van der Waals surface area contributed by atoms with Crippen molar-refractivity contribution in [3.63, 3.8) is 0 Å². The van der Waals surface area contributed by atoms with E-state index in [-0.39, 0.29) is 17.2 Å². The highest BCUT2D eigenvalue weighted by Gasteiger charge is 2.29. The van der Waals surface area contributed by atoms with Gasteiger partial charge in [0.25, 0.3) is 0 Å². The number of alkyl halides is 3. The molecule has 0 amide bonds. The molecule has 0 aliphatic carbocycles. The number of oxime groups is 1. The molecule has 0 bridgehead atoms. The highest BCUT2D eigenvalue weighted by Crippen LogP contribution is 2.34. The Hall–Kier alpha value is -2.09. The maximum Gasteiger partial charge on any atom is 0.416 e. The molecule has 0 aliphatic rings. The molecule has 180 valence electrons. The monoisotopic (exact) mass is 523 g/mol. The SMILES string of the molecule is Cc1cc(OCC=C(Cl)Cl)cc(Cl)c1OC(C)CCCON=Cc1ccc(C(F)(F)F)cc1. The summed E-state index contributed by atoms with van der Waals surface area (Å²) < 4.78 is 49.3. The Balaban J connectivity index is 1.75. The molecular formula is C23H23Cl3F3NO3.